The van der Waals surface area contributed by atoms with Crippen LogP contribution in [0.3, 0.4) is 0 Å². The van der Waals surface area contributed by atoms with Gasteiger partial charge < -0.3 is 14.4 Å². The molecule has 0 saturated heterocycles. The summed E-state index contributed by atoms with van der Waals surface area (Å²) in [4.78, 5) is 41.3. The summed E-state index contributed by atoms with van der Waals surface area (Å²) in [6.45, 7) is -2.55. The highest BCUT2D eigenvalue weighted by Crippen LogP contribution is 2.31. The molecule has 1 aromatic heterocycles. The van der Waals surface area contributed by atoms with E-state index < -0.39 is 18.0 Å². The molecule has 14 heavy (non-hydrogen) atoms. The van der Waals surface area contributed by atoms with Crippen molar-refractivity contribution in [1.29, 1.82) is 0 Å². The molecule has 0 unspecified atom stereocenters. The number of nitrogens with zero attached hydrogens (tertiary/aromatic N) is 1. The Morgan fingerprint density at radius 1 is 1.57 bits per heavy atom. The van der Waals surface area contributed by atoms with E-state index in [1.54, 1.807) is 0 Å². The highest BCUT2D eigenvalue weighted by Gasteiger charge is 2.12. The fraction of sp³-hybridized carbons (Fsp3) is 0.200. The van der Waals surface area contributed by atoms with Gasteiger partial charge in [-0.15, -0.1) is 4.73 Å². The topological polar surface area (TPSA) is 105 Å². The van der Waals surface area contributed by atoms with Crippen LogP contribution in [0.15, 0.2) is 15.8 Å². The highest BCUT2D eigenvalue weighted by molar-refractivity contribution is 8.06. The molecule has 0 aliphatic heterocycles. The summed E-state index contributed by atoms with van der Waals surface area (Å²) in [5, 5.41) is 0. The second-order valence-corrected chi connectivity index (χ2v) is 5.04. The number of H-pyrrole nitrogens is 1. The maximum Gasteiger partial charge on any atom is 0.395 e. The summed E-state index contributed by atoms with van der Waals surface area (Å²) in [6.07, 6.45) is 1.02. The number of rotatable bonds is 2. The normalized spacial score (nSPS) is 11.4. The largest absolute Gasteiger partial charge is 0.395 e. The average Bonchev–Trinajstić information content (AvgIpc) is 1.97. The Labute approximate surface area is 82.8 Å². The van der Waals surface area contributed by atoms with E-state index in [-0.39, 0.29) is 5.56 Å². The first-order valence-corrected chi connectivity index (χ1v) is 6.00. The Balaban J connectivity index is 3.24. The third kappa shape index (κ3) is 2.78. The Morgan fingerprint density at radius 3 is 2.64 bits per heavy atom. The Bertz CT molecular complexity index is 500. The molecule has 0 fully saturated rings. The molecular formula is C5H7N2O5PS. The molecule has 0 bridgehead atoms. The maximum atomic E-state index is 11.0. The monoisotopic (exact) mass is 238 g/mol. The average molecular weight is 238 g/mol. The zero-order valence-corrected chi connectivity index (χ0v) is 8.71. The van der Waals surface area contributed by atoms with Crippen LogP contribution in [0.2, 0.25) is 0 Å². The van der Waals surface area contributed by atoms with Gasteiger partial charge in [0.25, 0.3) is 5.56 Å². The number of aromatic amines is 1. The maximum absolute atomic E-state index is 11.0. The molecule has 3 N–H and O–H groups in total. The quantitative estimate of drug-likeness (QED) is 0.541. The second kappa shape index (κ2) is 3.66. The van der Waals surface area contributed by atoms with Crippen LogP contribution in [-0.2, 0) is 11.8 Å². The zero-order chi connectivity index (χ0) is 10.9. The van der Waals surface area contributed by atoms with Gasteiger partial charge in [-0.25, -0.2) is 4.79 Å². The van der Waals surface area contributed by atoms with E-state index in [1.807, 2.05) is 4.98 Å². The van der Waals surface area contributed by atoms with Gasteiger partial charge in [-0.05, 0) is 6.92 Å². The van der Waals surface area contributed by atoms with Gasteiger partial charge >= 0.3 is 12.4 Å². The Morgan fingerprint density at radius 2 is 2.14 bits per heavy atom. The van der Waals surface area contributed by atoms with Gasteiger partial charge in [0.2, 0.25) is 0 Å². The molecule has 78 valence electrons. The number of hydrogen-bond donors (Lipinski definition) is 3. The molecule has 0 saturated carbocycles. The lowest BCUT2D eigenvalue weighted by molar-refractivity contribution is 0.210. The van der Waals surface area contributed by atoms with Crippen molar-refractivity contribution in [2.24, 2.45) is 0 Å². The lowest BCUT2D eigenvalue weighted by Gasteiger charge is -2.10. The van der Waals surface area contributed by atoms with Crippen LogP contribution in [0.5, 0.6) is 0 Å². The van der Waals surface area contributed by atoms with Crippen molar-refractivity contribution in [2.45, 2.75) is 6.92 Å². The summed E-state index contributed by atoms with van der Waals surface area (Å²) in [5.41, 5.74) is -1.30. The predicted octanol–water partition coefficient (Wildman–Crippen LogP) is -1.52. The number of aromatic nitrogens is 2. The van der Waals surface area contributed by atoms with Crippen molar-refractivity contribution in [1.82, 2.24) is 9.71 Å². The number of nitrogens with one attached hydrogen (secondary N) is 1. The SMILES string of the molecule is Cc1cn(OP(O)(O)=S)c(=O)[nH]c1=O. The van der Waals surface area contributed by atoms with Gasteiger partial charge in [0, 0.05) is 17.4 Å². The zero-order valence-electron chi connectivity index (χ0n) is 7.00. The molecular weight excluding hydrogens is 231 g/mol. The van der Waals surface area contributed by atoms with Crippen molar-refractivity contribution in [3.05, 3.63) is 32.6 Å². The van der Waals surface area contributed by atoms with Crippen LogP contribution in [0, 0.1) is 6.92 Å². The lowest BCUT2D eigenvalue weighted by atomic mass is 10.4. The molecule has 1 aromatic rings. The third-order valence-electron chi connectivity index (χ3n) is 1.28. The van der Waals surface area contributed by atoms with Gasteiger partial charge in [-0.2, -0.15) is 0 Å². The smallest absolute Gasteiger partial charge is 0.328 e. The molecule has 0 spiro atoms. The predicted molar refractivity (Wildman–Crippen MR) is 51.4 cm³/mol. The molecule has 0 aromatic carbocycles. The van der Waals surface area contributed by atoms with Crippen molar-refractivity contribution >= 4 is 18.5 Å². The minimum absolute atomic E-state index is 0.188. The van der Waals surface area contributed by atoms with E-state index in [4.69, 9.17) is 9.79 Å². The molecule has 0 aliphatic rings. The molecule has 1 heterocycles. The van der Waals surface area contributed by atoms with Gasteiger partial charge in [0.05, 0.1) is 6.20 Å². The van der Waals surface area contributed by atoms with Crippen molar-refractivity contribution in [2.75, 3.05) is 0 Å². The molecule has 0 aliphatic carbocycles. The summed E-state index contributed by atoms with van der Waals surface area (Å²) in [7, 11) is 0. The van der Waals surface area contributed by atoms with Crippen LogP contribution < -0.4 is 15.9 Å². The van der Waals surface area contributed by atoms with Crippen LogP contribution >= 0.6 is 6.72 Å². The highest BCUT2D eigenvalue weighted by atomic mass is 32.5. The summed E-state index contributed by atoms with van der Waals surface area (Å²) in [6, 6.07) is 0. The van der Waals surface area contributed by atoms with Crippen LogP contribution in [0.25, 0.3) is 0 Å². The van der Waals surface area contributed by atoms with E-state index >= 15 is 0 Å². The minimum atomic E-state index is -3.98. The molecule has 0 amide bonds. The van der Waals surface area contributed by atoms with Gasteiger partial charge in [-0.1, -0.05) is 0 Å². The van der Waals surface area contributed by atoms with Crippen LogP contribution in [-0.4, -0.2) is 19.5 Å². The van der Waals surface area contributed by atoms with Gasteiger partial charge in [-0.3, -0.25) is 9.78 Å². The fourth-order valence-electron chi connectivity index (χ4n) is 0.719. The summed E-state index contributed by atoms with van der Waals surface area (Å²) in [5.74, 6) is 0. The lowest BCUT2D eigenvalue weighted by Crippen LogP contribution is -2.33. The number of aryl methyl sites for hydroxylation is 1. The van der Waals surface area contributed by atoms with Crippen molar-refractivity contribution in [3.8, 4) is 0 Å². The van der Waals surface area contributed by atoms with E-state index in [0.717, 1.165) is 6.20 Å². The van der Waals surface area contributed by atoms with Crippen LogP contribution in [0.1, 0.15) is 5.56 Å². The van der Waals surface area contributed by atoms with Crippen molar-refractivity contribution in [3.63, 3.8) is 0 Å². The van der Waals surface area contributed by atoms with E-state index in [1.165, 1.54) is 6.92 Å². The van der Waals surface area contributed by atoms with E-state index in [9.17, 15) is 9.59 Å². The molecule has 9 heteroatoms. The first-order valence-electron chi connectivity index (χ1n) is 3.38. The second-order valence-electron chi connectivity index (χ2n) is 2.47. The van der Waals surface area contributed by atoms with Crippen molar-refractivity contribution < 1.29 is 14.4 Å². The standard InChI is InChI=1S/C5H7N2O5PS/c1-3-2-7(12-13(10,11)14)5(9)6-4(3)8/h2H,1H3,(H,6,8,9)(H2,10,11,14). The first kappa shape index (κ1) is 11.1. The van der Waals surface area contributed by atoms with E-state index in [0.29, 0.717) is 4.73 Å². The van der Waals surface area contributed by atoms with Gasteiger partial charge in [0.1, 0.15) is 0 Å². The minimum Gasteiger partial charge on any atom is -0.328 e. The molecule has 0 atom stereocenters. The van der Waals surface area contributed by atoms with Crippen LogP contribution in [0.4, 0.5) is 0 Å². The van der Waals surface area contributed by atoms with E-state index in [2.05, 4.69) is 16.4 Å². The third-order valence-corrected chi connectivity index (χ3v) is 1.87. The molecule has 0 radical (unpaired) electrons. The summed E-state index contributed by atoms with van der Waals surface area (Å²) < 4.78 is 4.82. The van der Waals surface area contributed by atoms with Gasteiger partial charge in [0.15, 0.2) is 0 Å². The number of hydrogen-bond acceptors (Lipinski definition) is 4. The molecule has 1 rings (SSSR count). The molecule has 7 nitrogen and oxygen atoms in total. The first-order chi connectivity index (χ1) is 6.29. The Kier molecular flexibility index (Phi) is 2.91. The summed E-state index contributed by atoms with van der Waals surface area (Å²) >= 11 is 4.15. The Hall–Kier alpha value is -0.950. The fourth-order valence-corrected chi connectivity index (χ4v) is 1.29.